The largest absolute Gasteiger partial charge is 0.384 e. The van der Waals surface area contributed by atoms with E-state index in [0.717, 1.165) is 12.5 Å². The van der Waals surface area contributed by atoms with E-state index in [0.29, 0.717) is 17.5 Å². The summed E-state index contributed by atoms with van der Waals surface area (Å²) in [6.45, 7) is 0.205. The third-order valence-electron chi connectivity index (χ3n) is 5.64. The van der Waals surface area contributed by atoms with Gasteiger partial charge in [0.25, 0.3) is 0 Å². The highest BCUT2D eigenvalue weighted by Crippen LogP contribution is 2.32. The van der Waals surface area contributed by atoms with Gasteiger partial charge in [-0.3, -0.25) is 4.79 Å². The van der Waals surface area contributed by atoms with Gasteiger partial charge in [0.2, 0.25) is 15.9 Å². The standard InChI is InChI=1S/C23H23FN4O5S2/c1-34(30,31)21-7-3-2-5-17(21)15-8-10-20(18(24)13-15)28-12-4-6-19(23(28)29)27-35(32,33)16-9-11-22(25)26-14-16/h2-3,5,7-11,13-14,19,27H,4,6,12H2,1H3,(H2,25,26). The number of pyridine rings is 1. The first-order valence-electron chi connectivity index (χ1n) is 10.6. The first kappa shape index (κ1) is 24.8. The zero-order chi connectivity index (χ0) is 25.4. The maximum atomic E-state index is 15.2. The van der Waals surface area contributed by atoms with E-state index < -0.39 is 37.6 Å². The van der Waals surface area contributed by atoms with Crippen LogP contribution in [0.2, 0.25) is 0 Å². The molecule has 1 saturated heterocycles. The van der Waals surface area contributed by atoms with Crippen LogP contribution in [0.1, 0.15) is 12.8 Å². The number of benzene rings is 2. The number of carbonyl (C=O) groups excluding carboxylic acids is 1. The summed E-state index contributed by atoms with van der Waals surface area (Å²) in [6.07, 6.45) is 2.86. The molecule has 0 aliphatic carbocycles. The third-order valence-corrected chi connectivity index (χ3v) is 8.25. The molecule has 2 aromatic carbocycles. The monoisotopic (exact) mass is 518 g/mol. The van der Waals surface area contributed by atoms with Gasteiger partial charge < -0.3 is 10.6 Å². The summed E-state index contributed by atoms with van der Waals surface area (Å²) in [6, 6.07) is 11.9. The summed E-state index contributed by atoms with van der Waals surface area (Å²) in [5, 5.41) is 0. The Labute approximate surface area is 202 Å². The van der Waals surface area contributed by atoms with Gasteiger partial charge in [0.05, 0.1) is 10.6 Å². The van der Waals surface area contributed by atoms with E-state index in [-0.39, 0.29) is 34.3 Å². The molecule has 1 aliphatic rings. The molecule has 1 aromatic heterocycles. The number of nitrogens with zero attached hydrogens (tertiary/aromatic N) is 2. The second-order valence-electron chi connectivity index (χ2n) is 8.16. The molecule has 3 aromatic rings. The van der Waals surface area contributed by atoms with Crippen molar-refractivity contribution in [2.45, 2.75) is 28.7 Å². The summed E-state index contributed by atoms with van der Waals surface area (Å²) in [7, 11) is -7.60. The predicted octanol–water partition coefficient (Wildman–Crippen LogP) is 2.35. The fraction of sp³-hybridized carbons (Fsp3) is 0.217. The smallest absolute Gasteiger partial charge is 0.245 e. The van der Waals surface area contributed by atoms with Crippen molar-refractivity contribution in [1.82, 2.24) is 9.71 Å². The van der Waals surface area contributed by atoms with E-state index in [1.54, 1.807) is 18.2 Å². The minimum atomic E-state index is -4.05. The number of hydrogen-bond acceptors (Lipinski definition) is 7. The number of aromatic nitrogens is 1. The highest BCUT2D eigenvalue weighted by Gasteiger charge is 2.34. The van der Waals surface area contributed by atoms with Crippen LogP contribution in [-0.4, -0.2) is 46.6 Å². The normalized spacial score (nSPS) is 16.9. The lowest BCUT2D eigenvalue weighted by Crippen LogP contribution is -2.52. The van der Waals surface area contributed by atoms with E-state index in [2.05, 4.69) is 9.71 Å². The van der Waals surface area contributed by atoms with Crippen LogP contribution in [0.3, 0.4) is 0 Å². The van der Waals surface area contributed by atoms with Crippen LogP contribution in [-0.2, 0) is 24.7 Å². The van der Waals surface area contributed by atoms with Crippen LogP contribution in [0.25, 0.3) is 11.1 Å². The van der Waals surface area contributed by atoms with Crippen molar-refractivity contribution in [2.75, 3.05) is 23.4 Å². The van der Waals surface area contributed by atoms with Crippen LogP contribution in [0.5, 0.6) is 0 Å². The molecule has 0 radical (unpaired) electrons. The topological polar surface area (TPSA) is 140 Å². The Morgan fingerprint density at radius 3 is 2.49 bits per heavy atom. The van der Waals surface area contributed by atoms with Crippen molar-refractivity contribution in [2.24, 2.45) is 0 Å². The van der Waals surface area contributed by atoms with Crippen molar-refractivity contribution in [1.29, 1.82) is 0 Å². The van der Waals surface area contributed by atoms with Gasteiger partial charge in [0.15, 0.2) is 9.84 Å². The van der Waals surface area contributed by atoms with Gasteiger partial charge in [-0.1, -0.05) is 24.3 Å². The second kappa shape index (κ2) is 9.36. The molecule has 1 unspecified atom stereocenters. The molecule has 3 N–H and O–H groups in total. The lowest BCUT2D eigenvalue weighted by Gasteiger charge is -2.32. The quantitative estimate of drug-likeness (QED) is 0.511. The number of halogens is 1. The van der Waals surface area contributed by atoms with E-state index in [9.17, 15) is 21.6 Å². The zero-order valence-corrected chi connectivity index (χ0v) is 20.3. The molecular formula is C23H23FN4O5S2. The number of hydrogen-bond donors (Lipinski definition) is 2. The van der Waals surface area contributed by atoms with Crippen molar-refractivity contribution in [3.63, 3.8) is 0 Å². The predicted molar refractivity (Wildman–Crippen MR) is 129 cm³/mol. The maximum absolute atomic E-state index is 15.2. The summed E-state index contributed by atoms with van der Waals surface area (Å²) in [5.74, 6) is -1.17. The van der Waals surface area contributed by atoms with Crippen molar-refractivity contribution in [3.05, 3.63) is 66.6 Å². The molecule has 9 nitrogen and oxygen atoms in total. The average molecular weight is 519 g/mol. The van der Waals surface area contributed by atoms with E-state index in [4.69, 9.17) is 5.73 Å². The van der Waals surface area contributed by atoms with Gasteiger partial charge in [0, 0.05) is 24.6 Å². The van der Waals surface area contributed by atoms with Gasteiger partial charge in [-0.25, -0.2) is 26.2 Å². The van der Waals surface area contributed by atoms with Crippen LogP contribution in [0.15, 0.2) is 70.6 Å². The summed E-state index contributed by atoms with van der Waals surface area (Å²) in [5.41, 5.74) is 6.16. The molecule has 184 valence electrons. The minimum Gasteiger partial charge on any atom is -0.384 e. The van der Waals surface area contributed by atoms with Gasteiger partial charge >= 0.3 is 0 Å². The molecule has 1 fully saturated rings. The molecule has 0 spiro atoms. The molecule has 1 aliphatic heterocycles. The van der Waals surface area contributed by atoms with Gasteiger partial charge in [0.1, 0.15) is 22.6 Å². The maximum Gasteiger partial charge on any atom is 0.245 e. The number of piperidine rings is 1. The summed E-state index contributed by atoms with van der Waals surface area (Å²) < 4.78 is 67.2. The number of nitrogen functional groups attached to an aromatic ring is 1. The SMILES string of the molecule is CS(=O)(=O)c1ccccc1-c1ccc(N2CCCC(NS(=O)(=O)c3ccc(N)nc3)C2=O)c(F)c1. The Hall–Kier alpha value is -3.35. The highest BCUT2D eigenvalue weighted by atomic mass is 32.2. The number of sulfonamides is 1. The van der Waals surface area contributed by atoms with Gasteiger partial charge in [-0.15, -0.1) is 0 Å². The fourth-order valence-corrected chi connectivity index (χ4v) is 6.03. The summed E-state index contributed by atoms with van der Waals surface area (Å²) >= 11 is 0. The zero-order valence-electron chi connectivity index (χ0n) is 18.7. The van der Waals surface area contributed by atoms with Crippen molar-refractivity contribution in [3.8, 4) is 11.1 Å². The van der Waals surface area contributed by atoms with Crippen LogP contribution < -0.4 is 15.4 Å². The van der Waals surface area contributed by atoms with Crippen LogP contribution >= 0.6 is 0 Å². The Balaban J connectivity index is 1.60. The first-order valence-corrected chi connectivity index (χ1v) is 14.0. The van der Waals surface area contributed by atoms with E-state index >= 15 is 4.39 Å². The van der Waals surface area contributed by atoms with Gasteiger partial charge in [-0.05, 0) is 48.7 Å². The van der Waals surface area contributed by atoms with Gasteiger partial charge in [-0.2, -0.15) is 4.72 Å². The van der Waals surface area contributed by atoms with Crippen LogP contribution in [0.4, 0.5) is 15.9 Å². The second-order valence-corrected chi connectivity index (χ2v) is 11.9. The fourth-order valence-electron chi connectivity index (χ4n) is 3.95. The number of anilines is 2. The number of amides is 1. The average Bonchev–Trinajstić information content (AvgIpc) is 2.80. The molecule has 2 heterocycles. The molecule has 1 amide bonds. The molecule has 4 rings (SSSR count). The van der Waals surface area contributed by atoms with Crippen LogP contribution in [0, 0.1) is 5.82 Å². The molecule has 35 heavy (non-hydrogen) atoms. The number of sulfone groups is 1. The minimum absolute atomic E-state index is 0.0198. The van der Waals surface area contributed by atoms with E-state index in [1.165, 1.54) is 41.3 Å². The van der Waals surface area contributed by atoms with E-state index in [1.807, 2.05) is 0 Å². The highest BCUT2D eigenvalue weighted by molar-refractivity contribution is 7.91. The third kappa shape index (κ3) is 5.19. The lowest BCUT2D eigenvalue weighted by molar-refractivity contribution is -0.121. The molecular weight excluding hydrogens is 495 g/mol. The number of carbonyl (C=O) groups is 1. The molecule has 1 atom stereocenters. The Morgan fingerprint density at radius 2 is 1.83 bits per heavy atom. The molecule has 12 heteroatoms. The summed E-state index contributed by atoms with van der Waals surface area (Å²) in [4.78, 5) is 18.0. The Morgan fingerprint density at radius 1 is 1.09 bits per heavy atom. The number of rotatable bonds is 6. The van der Waals surface area contributed by atoms with Crippen molar-refractivity contribution < 1.29 is 26.0 Å². The number of nitrogens with two attached hydrogens (primary N) is 1. The number of nitrogens with one attached hydrogen (secondary N) is 1. The molecule has 0 saturated carbocycles. The Bertz CT molecular complexity index is 1490. The lowest BCUT2D eigenvalue weighted by atomic mass is 10.0. The first-order chi connectivity index (χ1) is 16.5. The Kier molecular flexibility index (Phi) is 6.62. The molecule has 0 bridgehead atoms. The van der Waals surface area contributed by atoms with Crippen molar-refractivity contribution >= 4 is 37.3 Å².